The quantitative estimate of drug-likeness (QED) is 0.900. The number of hydrogen-bond acceptors (Lipinski definition) is 3. The number of halogens is 3. The molecule has 1 aromatic rings. The summed E-state index contributed by atoms with van der Waals surface area (Å²) in [5.74, 6) is -3.19. The molecule has 1 unspecified atom stereocenters. The average Bonchev–Trinajstić information content (AvgIpc) is 2.31. The van der Waals surface area contributed by atoms with Crippen molar-refractivity contribution >= 4 is 11.8 Å². The van der Waals surface area contributed by atoms with E-state index in [1.54, 1.807) is 0 Å². The maximum atomic E-state index is 12.3. The summed E-state index contributed by atoms with van der Waals surface area (Å²) in [4.78, 5) is 22.7. The Morgan fingerprint density at radius 3 is 2.68 bits per heavy atom. The normalized spacial score (nSPS) is 18.7. The molecule has 7 heteroatoms. The maximum Gasteiger partial charge on any atom is 0.389 e. The van der Waals surface area contributed by atoms with Gasteiger partial charge in [-0.25, -0.2) is 4.79 Å². The number of hydrogen-bond donors (Lipinski definition) is 1. The largest absolute Gasteiger partial charge is 0.492 e. The van der Waals surface area contributed by atoms with Gasteiger partial charge in [0.15, 0.2) is 5.78 Å². The molecule has 0 bridgehead atoms. The van der Waals surface area contributed by atoms with Crippen LogP contribution in [0.15, 0.2) is 18.2 Å². The molecule has 1 aliphatic heterocycles. The molecule has 0 aliphatic carbocycles. The minimum absolute atomic E-state index is 0.111. The van der Waals surface area contributed by atoms with Crippen LogP contribution in [0.1, 0.15) is 27.1 Å². The lowest BCUT2D eigenvalue weighted by Crippen LogP contribution is -2.32. The molecule has 1 aliphatic rings. The van der Waals surface area contributed by atoms with E-state index < -0.39 is 30.3 Å². The molecule has 0 spiro atoms. The predicted molar refractivity (Wildman–Crippen MR) is 57.4 cm³/mol. The second-order valence-electron chi connectivity index (χ2n) is 4.21. The second kappa shape index (κ2) is 4.56. The minimum Gasteiger partial charge on any atom is -0.492 e. The highest BCUT2D eigenvalue weighted by Crippen LogP contribution is 2.34. The lowest BCUT2D eigenvalue weighted by Gasteiger charge is -2.25. The van der Waals surface area contributed by atoms with Crippen molar-refractivity contribution in [3.8, 4) is 5.75 Å². The Kier molecular flexibility index (Phi) is 3.21. The Hall–Kier alpha value is -2.05. The van der Waals surface area contributed by atoms with Crippen LogP contribution in [-0.4, -0.2) is 29.6 Å². The summed E-state index contributed by atoms with van der Waals surface area (Å²) in [6, 6.07) is 3.56. The van der Waals surface area contributed by atoms with Gasteiger partial charge in [0.25, 0.3) is 0 Å². The molecule has 1 aromatic carbocycles. The van der Waals surface area contributed by atoms with Crippen LogP contribution in [0.5, 0.6) is 5.75 Å². The van der Waals surface area contributed by atoms with E-state index in [1.165, 1.54) is 12.1 Å². The van der Waals surface area contributed by atoms with E-state index in [0.717, 1.165) is 6.07 Å². The Morgan fingerprint density at radius 2 is 2.11 bits per heavy atom. The van der Waals surface area contributed by atoms with Crippen molar-refractivity contribution in [2.45, 2.75) is 12.6 Å². The number of aromatic carboxylic acids is 1. The van der Waals surface area contributed by atoms with Crippen molar-refractivity contribution in [1.29, 1.82) is 0 Å². The fourth-order valence-electron chi connectivity index (χ4n) is 1.90. The Labute approximate surface area is 105 Å². The first-order valence-electron chi connectivity index (χ1n) is 5.39. The summed E-state index contributed by atoms with van der Waals surface area (Å²) in [7, 11) is 0. The van der Waals surface area contributed by atoms with Gasteiger partial charge in [-0.1, -0.05) is 0 Å². The van der Waals surface area contributed by atoms with Gasteiger partial charge in [-0.15, -0.1) is 0 Å². The fourth-order valence-corrected chi connectivity index (χ4v) is 1.90. The Morgan fingerprint density at radius 1 is 1.42 bits per heavy atom. The molecule has 0 radical (unpaired) electrons. The van der Waals surface area contributed by atoms with Gasteiger partial charge in [-0.2, -0.15) is 13.2 Å². The molecule has 0 saturated heterocycles. The topological polar surface area (TPSA) is 63.6 Å². The van der Waals surface area contributed by atoms with Crippen molar-refractivity contribution in [3.05, 3.63) is 29.3 Å². The summed E-state index contributed by atoms with van der Waals surface area (Å²) in [6.45, 7) is -0.349. The van der Waals surface area contributed by atoms with E-state index in [2.05, 4.69) is 0 Å². The number of fused-ring (bicyclic) bond motifs is 1. The third-order valence-electron chi connectivity index (χ3n) is 2.78. The predicted octanol–water partition coefficient (Wildman–Crippen LogP) is 2.53. The standard InChI is InChI=1S/C12H9F3O4/c13-12(14,15)4-7-5-19-9-2-1-6(11(17)18)3-8(9)10(7)16/h1-3,7H,4-5H2,(H,17,18). The highest BCUT2D eigenvalue weighted by atomic mass is 19.4. The first-order valence-corrected chi connectivity index (χ1v) is 5.39. The first kappa shape index (κ1) is 13.4. The highest BCUT2D eigenvalue weighted by Gasteiger charge is 2.39. The molecule has 19 heavy (non-hydrogen) atoms. The zero-order chi connectivity index (χ0) is 14.2. The SMILES string of the molecule is O=C(O)c1ccc2c(c1)C(=O)C(CC(F)(F)F)CO2. The molecular formula is C12H9F3O4. The molecule has 2 rings (SSSR count). The van der Waals surface area contributed by atoms with Crippen LogP contribution in [0.25, 0.3) is 0 Å². The number of Topliss-reactive ketones (excluding diaryl/α,β-unsaturated/α-hetero) is 1. The van der Waals surface area contributed by atoms with E-state index >= 15 is 0 Å². The average molecular weight is 274 g/mol. The smallest absolute Gasteiger partial charge is 0.389 e. The van der Waals surface area contributed by atoms with Gasteiger partial charge in [0, 0.05) is 0 Å². The molecule has 1 atom stereocenters. The molecule has 1 N–H and O–H groups in total. The zero-order valence-electron chi connectivity index (χ0n) is 9.53. The van der Waals surface area contributed by atoms with Crippen LogP contribution in [0, 0.1) is 5.92 Å². The van der Waals surface area contributed by atoms with E-state index in [4.69, 9.17) is 9.84 Å². The second-order valence-corrected chi connectivity index (χ2v) is 4.21. The number of carbonyl (C=O) groups excluding carboxylic acids is 1. The Bertz CT molecular complexity index is 536. The van der Waals surface area contributed by atoms with Gasteiger partial charge in [0.1, 0.15) is 5.75 Å². The van der Waals surface area contributed by atoms with Gasteiger partial charge >= 0.3 is 12.1 Å². The molecule has 0 saturated carbocycles. The van der Waals surface area contributed by atoms with Gasteiger partial charge in [-0.3, -0.25) is 4.79 Å². The number of ether oxygens (including phenoxy) is 1. The molecular weight excluding hydrogens is 265 g/mol. The van der Waals surface area contributed by atoms with E-state index in [-0.39, 0.29) is 23.5 Å². The molecule has 0 amide bonds. The first-order chi connectivity index (χ1) is 8.78. The number of carbonyl (C=O) groups is 2. The molecule has 102 valence electrons. The summed E-state index contributed by atoms with van der Waals surface area (Å²) in [6.07, 6.45) is -5.74. The van der Waals surface area contributed by atoms with Crippen LogP contribution >= 0.6 is 0 Å². The van der Waals surface area contributed by atoms with Crippen molar-refractivity contribution < 1.29 is 32.6 Å². The number of ketones is 1. The van der Waals surface area contributed by atoms with E-state index in [1.807, 2.05) is 0 Å². The summed E-state index contributed by atoms with van der Waals surface area (Å²) in [5, 5.41) is 8.79. The van der Waals surface area contributed by atoms with E-state index in [0.29, 0.717) is 0 Å². The zero-order valence-corrected chi connectivity index (χ0v) is 9.53. The minimum atomic E-state index is -4.47. The van der Waals surface area contributed by atoms with Crippen molar-refractivity contribution in [3.63, 3.8) is 0 Å². The maximum absolute atomic E-state index is 12.3. The highest BCUT2D eigenvalue weighted by molar-refractivity contribution is 6.03. The summed E-state index contributed by atoms with van der Waals surface area (Å²) >= 11 is 0. The third kappa shape index (κ3) is 2.86. The van der Waals surface area contributed by atoms with Crippen molar-refractivity contribution in [2.75, 3.05) is 6.61 Å². The Balaban J connectivity index is 2.31. The number of carboxylic acid groups (broad SMARTS) is 1. The van der Waals surface area contributed by atoms with Crippen LogP contribution in [0.2, 0.25) is 0 Å². The number of benzene rings is 1. The molecule has 0 aromatic heterocycles. The summed E-state index contributed by atoms with van der Waals surface area (Å²) in [5.41, 5.74) is -0.274. The van der Waals surface area contributed by atoms with E-state index in [9.17, 15) is 22.8 Å². The lowest BCUT2D eigenvalue weighted by atomic mass is 9.91. The third-order valence-corrected chi connectivity index (χ3v) is 2.78. The van der Waals surface area contributed by atoms with Crippen LogP contribution in [0.3, 0.4) is 0 Å². The lowest BCUT2D eigenvalue weighted by molar-refractivity contribution is -0.143. The van der Waals surface area contributed by atoms with Crippen LogP contribution in [0.4, 0.5) is 13.2 Å². The molecule has 1 heterocycles. The molecule has 0 fully saturated rings. The number of rotatable bonds is 2. The van der Waals surface area contributed by atoms with Gasteiger partial charge in [0.2, 0.25) is 0 Å². The monoisotopic (exact) mass is 274 g/mol. The fraction of sp³-hybridized carbons (Fsp3) is 0.333. The summed E-state index contributed by atoms with van der Waals surface area (Å²) < 4.78 is 42.0. The van der Waals surface area contributed by atoms with Gasteiger partial charge in [-0.05, 0) is 18.2 Å². The number of carboxylic acids is 1. The van der Waals surface area contributed by atoms with Gasteiger partial charge < -0.3 is 9.84 Å². The number of alkyl halides is 3. The van der Waals surface area contributed by atoms with Gasteiger partial charge in [0.05, 0.1) is 30.1 Å². The van der Waals surface area contributed by atoms with Crippen molar-refractivity contribution in [1.82, 2.24) is 0 Å². The van der Waals surface area contributed by atoms with Crippen LogP contribution in [-0.2, 0) is 0 Å². The molecule has 4 nitrogen and oxygen atoms in total. The van der Waals surface area contributed by atoms with Crippen LogP contribution < -0.4 is 4.74 Å². The van der Waals surface area contributed by atoms with Crippen molar-refractivity contribution in [2.24, 2.45) is 5.92 Å².